The molecule has 1 atom stereocenters. The molecular formula is C13H15N3O2S. The van der Waals surface area contributed by atoms with Crippen molar-refractivity contribution in [3.05, 3.63) is 29.3 Å². The summed E-state index contributed by atoms with van der Waals surface area (Å²) < 4.78 is 0. The number of anilines is 1. The summed E-state index contributed by atoms with van der Waals surface area (Å²) in [6.45, 7) is 3.12. The number of carbonyl (C=O) groups is 2. The van der Waals surface area contributed by atoms with Gasteiger partial charge in [0.05, 0.1) is 11.3 Å². The van der Waals surface area contributed by atoms with Gasteiger partial charge in [0.15, 0.2) is 0 Å². The smallest absolute Gasteiger partial charge is 0.247 e. The molecular weight excluding hydrogens is 262 g/mol. The number of thiol groups is 1. The maximum Gasteiger partial charge on any atom is 0.247 e. The summed E-state index contributed by atoms with van der Waals surface area (Å²) in [5.74, 6) is -0.523. The second-order valence-electron chi connectivity index (χ2n) is 4.03. The lowest BCUT2D eigenvalue weighted by Crippen LogP contribution is -2.44. The normalized spacial score (nSPS) is 11.3. The predicted octanol–water partition coefficient (Wildman–Crippen LogP) is 1.24. The summed E-state index contributed by atoms with van der Waals surface area (Å²) in [4.78, 5) is 22.9. The lowest BCUT2D eigenvalue weighted by Gasteiger charge is -2.16. The molecule has 0 aliphatic carbocycles. The fraction of sp³-hybridized carbons (Fsp3) is 0.308. The summed E-state index contributed by atoms with van der Waals surface area (Å²) >= 11 is 4.02. The molecule has 0 bridgehead atoms. The van der Waals surface area contributed by atoms with Crippen LogP contribution in [0.2, 0.25) is 0 Å². The van der Waals surface area contributed by atoms with Crippen molar-refractivity contribution in [2.24, 2.45) is 0 Å². The molecule has 100 valence electrons. The quantitative estimate of drug-likeness (QED) is 0.724. The third kappa shape index (κ3) is 4.00. The number of aryl methyl sites for hydroxylation is 1. The molecule has 0 saturated heterocycles. The highest BCUT2D eigenvalue weighted by Crippen LogP contribution is 2.18. The van der Waals surface area contributed by atoms with E-state index in [-0.39, 0.29) is 11.7 Å². The van der Waals surface area contributed by atoms with Crippen LogP contribution in [-0.2, 0) is 9.59 Å². The van der Waals surface area contributed by atoms with E-state index in [4.69, 9.17) is 5.26 Å². The molecule has 0 fully saturated rings. The maximum absolute atomic E-state index is 12.0. The molecule has 2 amide bonds. The Morgan fingerprint density at radius 1 is 1.47 bits per heavy atom. The molecule has 1 unspecified atom stereocenters. The van der Waals surface area contributed by atoms with Crippen LogP contribution < -0.4 is 10.6 Å². The van der Waals surface area contributed by atoms with E-state index in [2.05, 4.69) is 23.3 Å². The first-order valence-electron chi connectivity index (χ1n) is 5.68. The van der Waals surface area contributed by atoms with Gasteiger partial charge in [0, 0.05) is 12.7 Å². The van der Waals surface area contributed by atoms with Crippen LogP contribution in [0.3, 0.4) is 0 Å². The van der Waals surface area contributed by atoms with Gasteiger partial charge in [-0.2, -0.15) is 17.9 Å². The van der Waals surface area contributed by atoms with Crippen LogP contribution in [0.4, 0.5) is 5.69 Å². The number of nitriles is 1. The van der Waals surface area contributed by atoms with Gasteiger partial charge in [0.25, 0.3) is 0 Å². The van der Waals surface area contributed by atoms with Crippen molar-refractivity contribution in [2.45, 2.75) is 19.9 Å². The number of nitrogens with one attached hydrogen (secondary N) is 2. The molecule has 0 aliphatic rings. The van der Waals surface area contributed by atoms with Gasteiger partial charge in [-0.3, -0.25) is 9.59 Å². The first-order valence-corrected chi connectivity index (χ1v) is 6.31. The summed E-state index contributed by atoms with van der Waals surface area (Å²) in [7, 11) is 0. The topological polar surface area (TPSA) is 82.0 Å². The average Bonchev–Trinajstić information content (AvgIpc) is 2.35. The van der Waals surface area contributed by atoms with Crippen LogP contribution in [-0.4, -0.2) is 23.6 Å². The third-order valence-corrected chi connectivity index (χ3v) is 2.88. The van der Waals surface area contributed by atoms with Crippen molar-refractivity contribution in [1.82, 2.24) is 5.32 Å². The van der Waals surface area contributed by atoms with Crippen LogP contribution >= 0.6 is 12.6 Å². The summed E-state index contributed by atoms with van der Waals surface area (Å²) in [5, 5.41) is 14.2. The standard InChI is InChI=1S/C13H15N3O2S/c1-8-4-3-5-11(10(8)6-14)16-13(18)12(7-19)15-9(2)17/h3-5,12,19H,7H2,1-2H3,(H,15,17)(H,16,18). The second-order valence-corrected chi connectivity index (χ2v) is 4.40. The Labute approximate surface area is 117 Å². The van der Waals surface area contributed by atoms with Crippen LogP contribution in [0, 0.1) is 18.3 Å². The lowest BCUT2D eigenvalue weighted by atomic mass is 10.1. The average molecular weight is 277 g/mol. The Balaban J connectivity index is 2.90. The van der Waals surface area contributed by atoms with Crippen LogP contribution in [0.25, 0.3) is 0 Å². The Morgan fingerprint density at radius 3 is 2.68 bits per heavy atom. The van der Waals surface area contributed by atoms with E-state index in [9.17, 15) is 9.59 Å². The minimum absolute atomic E-state index is 0.180. The van der Waals surface area contributed by atoms with Crippen LogP contribution in [0.15, 0.2) is 18.2 Å². The highest BCUT2D eigenvalue weighted by atomic mass is 32.1. The van der Waals surface area contributed by atoms with E-state index in [1.54, 1.807) is 25.1 Å². The Hall–Kier alpha value is -2.00. The van der Waals surface area contributed by atoms with Crippen LogP contribution in [0.5, 0.6) is 0 Å². The number of hydrogen-bond acceptors (Lipinski definition) is 4. The fourth-order valence-corrected chi connectivity index (χ4v) is 1.84. The minimum atomic E-state index is -0.729. The van der Waals surface area contributed by atoms with Gasteiger partial charge in [0.2, 0.25) is 11.8 Å². The van der Waals surface area contributed by atoms with E-state index in [0.29, 0.717) is 11.3 Å². The van der Waals surface area contributed by atoms with Gasteiger partial charge in [-0.1, -0.05) is 12.1 Å². The van der Waals surface area contributed by atoms with Crippen molar-refractivity contribution >= 4 is 30.1 Å². The first kappa shape index (κ1) is 15.1. The van der Waals surface area contributed by atoms with E-state index < -0.39 is 11.9 Å². The molecule has 19 heavy (non-hydrogen) atoms. The van der Waals surface area contributed by atoms with Crippen molar-refractivity contribution in [3.63, 3.8) is 0 Å². The molecule has 2 N–H and O–H groups in total. The van der Waals surface area contributed by atoms with Crippen molar-refractivity contribution < 1.29 is 9.59 Å². The zero-order valence-corrected chi connectivity index (χ0v) is 11.6. The zero-order chi connectivity index (χ0) is 14.4. The van der Waals surface area contributed by atoms with Crippen LogP contribution in [0.1, 0.15) is 18.1 Å². The minimum Gasteiger partial charge on any atom is -0.344 e. The van der Waals surface area contributed by atoms with Crippen molar-refractivity contribution in [2.75, 3.05) is 11.1 Å². The molecule has 0 saturated carbocycles. The Bertz CT molecular complexity index is 537. The third-order valence-electron chi connectivity index (χ3n) is 2.52. The summed E-state index contributed by atoms with van der Waals surface area (Å²) in [6.07, 6.45) is 0. The number of benzene rings is 1. The molecule has 0 aromatic heterocycles. The molecule has 1 aromatic carbocycles. The van der Waals surface area contributed by atoms with E-state index in [1.807, 2.05) is 6.07 Å². The number of nitrogens with zero attached hydrogens (tertiary/aromatic N) is 1. The molecule has 0 heterocycles. The van der Waals surface area contributed by atoms with Gasteiger partial charge in [-0.25, -0.2) is 0 Å². The number of hydrogen-bond donors (Lipinski definition) is 3. The number of rotatable bonds is 4. The maximum atomic E-state index is 12.0. The van der Waals surface area contributed by atoms with Gasteiger partial charge in [-0.15, -0.1) is 0 Å². The summed E-state index contributed by atoms with van der Waals surface area (Å²) in [5.41, 5.74) is 1.63. The Kier molecular flexibility index (Phi) is 5.39. The number of amides is 2. The highest BCUT2D eigenvalue weighted by molar-refractivity contribution is 7.80. The van der Waals surface area contributed by atoms with E-state index in [1.165, 1.54) is 6.92 Å². The molecule has 0 radical (unpaired) electrons. The molecule has 1 rings (SSSR count). The monoisotopic (exact) mass is 277 g/mol. The molecule has 5 nitrogen and oxygen atoms in total. The highest BCUT2D eigenvalue weighted by Gasteiger charge is 2.19. The predicted molar refractivity (Wildman–Crippen MR) is 76.0 cm³/mol. The molecule has 0 spiro atoms. The fourth-order valence-electron chi connectivity index (χ4n) is 1.58. The van der Waals surface area contributed by atoms with Gasteiger partial charge < -0.3 is 10.6 Å². The van der Waals surface area contributed by atoms with E-state index in [0.717, 1.165) is 5.56 Å². The van der Waals surface area contributed by atoms with Crippen molar-refractivity contribution in [3.8, 4) is 6.07 Å². The van der Waals surface area contributed by atoms with Crippen molar-refractivity contribution in [1.29, 1.82) is 5.26 Å². The molecule has 0 aliphatic heterocycles. The van der Waals surface area contributed by atoms with Gasteiger partial charge in [-0.05, 0) is 18.6 Å². The van der Waals surface area contributed by atoms with Gasteiger partial charge >= 0.3 is 0 Å². The first-order chi connectivity index (χ1) is 8.99. The molecule has 1 aromatic rings. The second kappa shape index (κ2) is 6.81. The Morgan fingerprint density at radius 2 is 2.16 bits per heavy atom. The SMILES string of the molecule is CC(=O)NC(CS)C(=O)Nc1cccc(C)c1C#N. The largest absolute Gasteiger partial charge is 0.344 e. The zero-order valence-electron chi connectivity index (χ0n) is 10.7. The summed E-state index contributed by atoms with van der Waals surface area (Å²) in [6, 6.07) is 6.50. The van der Waals surface area contributed by atoms with Gasteiger partial charge in [0.1, 0.15) is 12.1 Å². The molecule has 6 heteroatoms. The number of carbonyl (C=O) groups excluding carboxylic acids is 2. The lowest BCUT2D eigenvalue weighted by molar-refractivity contribution is -0.124. The van der Waals surface area contributed by atoms with E-state index >= 15 is 0 Å².